The molecule has 1 atom stereocenters. The second-order valence-electron chi connectivity index (χ2n) is 12.8. The van der Waals surface area contributed by atoms with Crippen LogP contribution in [0.25, 0.3) is 11.8 Å². The van der Waals surface area contributed by atoms with Crippen molar-refractivity contribution >= 4 is 46.4 Å². The fourth-order valence-electron chi connectivity index (χ4n) is 6.60. The third kappa shape index (κ3) is 7.62. The van der Waals surface area contributed by atoms with Crippen molar-refractivity contribution in [3.63, 3.8) is 0 Å². The number of aromatic nitrogens is 1. The van der Waals surface area contributed by atoms with Gasteiger partial charge in [-0.05, 0) is 79.1 Å². The van der Waals surface area contributed by atoms with E-state index in [1.165, 1.54) is 18.4 Å². The molecule has 1 aromatic heterocycles. The number of benzene rings is 5. The summed E-state index contributed by atoms with van der Waals surface area (Å²) in [6.07, 6.45) is 1.75. The molecule has 0 saturated heterocycles. The molecule has 6 aromatic rings. The summed E-state index contributed by atoms with van der Waals surface area (Å²) in [5.41, 5.74) is 4.71. The quantitative estimate of drug-likeness (QED) is 0.124. The summed E-state index contributed by atoms with van der Waals surface area (Å²) < 4.78 is 24.9. The molecule has 0 saturated carbocycles. The second-order valence-corrected chi connectivity index (χ2v) is 13.8. The number of aryl methyl sites for hydroxylation is 1. The number of anilines is 2. The Morgan fingerprint density at radius 2 is 1.45 bits per heavy atom. The van der Waals surface area contributed by atoms with Gasteiger partial charge in [0.05, 0.1) is 42.7 Å². The van der Waals surface area contributed by atoms with E-state index in [4.69, 9.17) is 23.9 Å². The molecule has 0 bridgehead atoms. The van der Waals surface area contributed by atoms with Gasteiger partial charge in [0.25, 0.3) is 11.5 Å². The molecule has 2 heterocycles. The zero-order valence-electron chi connectivity index (χ0n) is 31.3. The first-order chi connectivity index (χ1) is 27.3. The molecule has 10 nitrogen and oxygen atoms in total. The predicted octanol–water partition coefficient (Wildman–Crippen LogP) is 7.00. The van der Waals surface area contributed by atoms with Gasteiger partial charge in [0.1, 0.15) is 5.75 Å². The summed E-state index contributed by atoms with van der Waals surface area (Å²) in [7, 11) is 3.10. The molecule has 1 unspecified atom stereocenters. The maximum atomic E-state index is 14.5. The van der Waals surface area contributed by atoms with E-state index in [1.54, 1.807) is 47.8 Å². The second kappa shape index (κ2) is 16.7. The lowest BCUT2D eigenvalue weighted by Gasteiger charge is -2.26. The first-order valence-corrected chi connectivity index (χ1v) is 18.8. The number of amides is 1. The summed E-state index contributed by atoms with van der Waals surface area (Å²) >= 11 is 1.21. The summed E-state index contributed by atoms with van der Waals surface area (Å²) in [4.78, 5) is 48.9. The van der Waals surface area contributed by atoms with Gasteiger partial charge in [0.2, 0.25) is 0 Å². The Morgan fingerprint density at radius 1 is 0.804 bits per heavy atom. The minimum Gasteiger partial charge on any atom is -0.496 e. The fourth-order valence-corrected chi connectivity index (χ4v) is 7.60. The van der Waals surface area contributed by atoms with Gasteiger partial charge in [-0.1, -0.05) is 96.3 Å². The molecular weight excluding hydrogens is 727 g/mol. The number of thiazole rings is 1. The van der Waals surface area contributed by atoms with Crippen LogP contribution >= 0.6 is 11.3 Å². The maximum Gasteiger partial charge on any atom is 0.338 e. The number of nitrogens with zero attached hydrogens (tertiary/aromatic N) is 3. The van der Waals surface area contributed by atoms with Crippen molar-refractivity contribution < 1.29 is 28.5 Å². The standard InChI is InChI=1S/C45H39N3O7S/c1-5-54-44(51)40-41(31-15-9-6-10-16-31)46-45-48(42(40)32-23-21-29(2)36(27-32)52-3)43(50)38(56-45)26-30-22-24-35(37(25-30)53-4)55-28-39(49)47(33-17-11-7-12-18-33)34-19-13-8-14-20-34/h6-27,42H,5,28H2,1-4H3/b38-26+. The fraction of sp³-hybridized carbons (Fsp3) is 0.156. The molecule has 1 aliphatic heterocycles. The number of hydrogen-bond acceptors (Lipinski definition) is 9. The third-order valence-electron chi connectivity index (χ3n) is 9.24. The smallest absolute Gasteiger partial charge is 0.338 e. The van der Waals surface area contributed by atoms with E-state index in [1.807, 2.05) is 116 Å². The number of rotatable bonds is 12. The lowest BCUT2D eigenvalue weighted by atomic mass is 9.92. The number of carbonyl (C=O) groups is 2. The summed E-state index contributed by atoms with van der Waals surface area (Å²) in [6.45, 7) is 3.56. The van der Waals surface area contributed by atoms with E-state index in [-0.39, 0.29) is 30.3 Å². The molecule has 7 rings (SSSR count). The van der Waals surface area contributed by atoms with Crippen LogP contribution in [-0.4, -0.2) is 43.9 Å². The molecule has 56 heavy (non-hydrogen) atoms. The Kier molecular flexibility index (Phi) is 11.2. The van der Waals surface area contributed by atoms with Crippen molar-refractivity contribution in [1.29, 1.82) is 0 Å². The Hall–Kier alpha value is -6.72. The number of esters is 1. The van der Waals surface area contributed by atoms with Crippen LogP contribution in [0.15, 0.2) is 143 Å². The topological polar surface area (TPSA) is 109 Å². The molecule has 1 amide bonds. The highest BCUT2D eigenvalue weighted by Crippen LogP contribution is 2.37. The van der Waals surface area contributed by atoms with Crippen LogP contribution in [0.5, 0.6) is 17.2 Å². The number of hydrogen-bond donors (Lipinski definition) is 0. The van der Waals surface area contributed by atoms with Crippen LogP contribution in [0.2, 0.25) is 0 Å². The van der Waals surface area contributed by atoms with Gasteiger partial charge in [-0.3, -0.25) is 19.1 Å². The van der Waals surface area contributed by atoms with Gasteiger partial charge >= 0.3 is 5.97 Å². The van der Waals surface area contributed by atoms with Crippen molar-refractivity contribution in [1.82, 2.24) is 4.57 Å². The van der Waals surface area contributed by atoms with Gasteiger partial charge in [-0.2, -0.15) is 0 Å². The van der Waals surface area contributed by atoms with Crippen molar-refractivity contribution in [2.45, 2.75) is 19.9 Å². The molecule has 0 aliphatic carbocycles. The van der Waals surface area contributed by atoms with Crippen LogP contribution < -0.4 is 34.0 Å². The largest absolute Gasteiger partial charge is 0.496 e. The Labute approximate surface area is 327 Å². The van der Waals surface area contributed by atoms with Gasteiger partial charge in [0, 0.05) is 16.9 Å². The average Bonchev–Trinajstić information content (AvgIpc) is 3.54. The number of fused-ring (bicyclic) bond motifs is 1. The monoisotopic (exact) mass is 765 g/mol. The van der Waals surface area contributed by atoms with E-state index in [2.05, 4.69) is 0 Å². The first-order valence-electron chi connectivity index (χ1n) is 18.0. The Balaban J connectivity index is 1.27. The Bertz CT molecular complexity index is 2560. The zero-order chi connectivity index (χ0) is 39.2. The van der Waals surface area contributed by atoms with Gasteiger partial charge < -0.3 is 18.9 Å². The van der Waals surface area contributed by atoms with E-state index in [9.17, 15) is 14.4 Å². The molecule has 11 heteroatoms. The molecule has 282 valence electrons. The molecule has 5 aromatic carbocycles. The van der Waals surface area contributed by atoms with Crippen LogP contribution in [0, 0.1) is 6.92 Å². The van der Waals surface area contributed by atoms with Crippen molar-refractivity contribution in [3.05, 3.63) is 175 Å². The van der Waals surface area contributed by atoms with E-state index in [0.29, 0.717) is 60.3 Å². The maximum absolute atomic E-state index is 14.5. The minimum absolute atomic E-state index is 0.146. The van der Waals surface area contributed by atoms with E-state index >= 15 is 0 Å². The third-order valence-corrected chi connectivity index (χ3v) is 10.2. The van der Waals surface area contributed by atoms with E-state index < -0.39 is 12.0 Å². The first kappa shape index (κ1) is 37.6. The highest BCUT2D eigenvalue weighted by Gasteiger charge is 2.35. The molecule has 1 aliphatic rings. The van der Waals surface area contributed by atoms with Crippen LogP contribution in [-0.2, 0) is 14.3 Å². The number of carbonyl (C=O) groups excluding carboxylic acids is 2. The minimum atomic E-state index is -0.855. The average molecular weight is 766 g/mol. The van der Waals surface area contributed by atoms with Crippen LogP contribution in [0.1, 0.15) is 35.2 Å². The molecule has 0 spiro atoms. The van der Waals surface area contributed by atoms with Crippen molar-refractivity contribution in [2.24, 2.45) is 4.99 Å². The van der Waals surface area contributed by atoms with Gasteiger partial charge in [-0.15, -0.1) is 0 Å². The van der Waals surface area contributed by atoms with Crippen LogP contribution in [0.4, 0.5) is 11.4 Å². The van der Waals surface area contributed by atoms with Gasteiger partial charge in [0.15, 0.2) is 22.9 Å². The molecule has 0 fully saturated rings. The number of para-hydroxylation sites is 2. The normalized spacial score (nSPS) is 13.7. The summed E-state index contributed by atoms with van der Waals surface area (Å²) in [5, 5.41) is 0. The molecular formula is C45H39N3O7S. The van der Waals surface area contributed by atoms with Crippen molar-refractivity contribution in [2.75, 3.05) is 32.3 Å². The lowest BCUT2D eigenvalue weighted by molar-refractivity contribution is -0.138. The summed E-state index contributed by atoms with van der Waals surface area (Å²) in [5.74, 6) is 0.525. The number of ether oxygens (including phenoxy) is 4. The zero-order valence-corrected chi connectivity index (χ0v) is 32.1. The van der Waals surface area contributed by atoms with Crippen molar-refractivity contribution in [3.8, 4) is 17.2 Å². The molecule has 0 N–H and O–H groups in total. The lowest BCUT2D eigenvalue weighted by Crippen LogP contribution is -2.40. The highest BCUT2D eigenvalue weighted by molar-refractivity contribution is 7.07. The highest BCUT2D eigenvalue weighted by atomic mass is 32.1. The van der Waals surface area contributed by atoms with E-state index in [0.717, 1.165) is 5.56 Å². The predicted molar refractivity (Wildman–Crippen MR) is 217 cm³/mol. The SMILES string of the molecule is CCOC(=O)C1=C(c2ccccc2)N=c2s/c(=C/c3ccc(OCC(=O)N(c4ccccc4)c4ccccc4)c(OC)c3)c(=O)n2C1c1ccc(C)c(OC)c1. The van der Waals surface area contributed by atoms with Gasteiger partial charge in [-0.25, -0.2) is 9.79 Å². The van der Waals surface area contributed by atoms with Crippen LogP contribution in [0.3, 0.4) is 0 Å². The summed E-state index contributed by atoms with van der Waals surface area (Å²) in [6, 6.07) is 38.2. The Morgan fingerprint density at radius 3 is 2.07 bits per heavy atom. The number of methoxy groups -OCH3 is 2. The molecule has 0 radical (unpaired) electrons.